The van der Waals surface area contributed by atoms with Crippen LogP contribution in [-0.2, 0) is 18.3 Å². The lowest BCUT2D eigenvalue weighted by molar-refractivity contribution is -0.266. The van der Waals surface area contributed by atoms with Gasteiger partial charge in [0.15, 0.2) is 5.60 Å². The van der Waals surface area contributed by atoms with Crippen molar-refractivity contribution >= 4 is 22.5 Å². The summed E-state index contributed by atoms with van der Waals surface area (Å²) in [6.45, 7) is 3.62. The molecule has 4 rings (SSSR count). The highest BCUT2D eigenvalue weighted by Gasteiger charge is 2.56. The van der Waals surface area contributed by atoms with Gasteiger partial charge >= 0.3 is 6.18 Å². The number of aromatic hydroxyl groups is 1. The highest BCUT2D eigenvalue weighted by atomic mass is 35.5. The van der Waals surface area contributed by atoms with E-state index in [-0.39, 0.29) is 16.6 Å². The molecule has 0 radical (unpaired) electrons. The second-order valence-corrected chi connectivity index (χ2v) is 9.35. The Bertz CT molecular complexity index is 1250. The Kier molecular flexibility index (Phi) is 5.25. The number of aromatic nitrogens is 2. The van der Waals surface area contributed by atoms with Crippen LogP contribution in [-0.4, -0.2) is 38.6 Å². The monoisotopic (exact) mass is 470 g/mol. The van der Waals surface area contributed by atoms with Gasteiger partial charge in [-0.05, 0) is 35.6 Å². The summed E-state index contributed by atoms with van der Waals surface area (Å²) in [4.78, 5) is 16.4. The topological polar surface area (TPSA) is 98.3 Å². The van der Waals surface area contributed by atoms with Gasteiger partial charge in [0, 0.05) is 35.2 Å². The van der Waals surface area contributed by atoms with Gasteiger partial charge in [0.1, 0.15) is 5.75 Å². The molecule has 1 aromatic carbocycles. The van der Waals surface area contributed by atoms with E-state index in [1.165, 1.54) is 6.07 Å². The molecule has 6 nitrogen and oxygen atoms in total. The van der Waals surface area contributed by atoms with E-state index in [0.29, 0.717) is 29.4 Å². The van der Waals surface area contributed by atoms with E-state index in [4.69, 9.17) is 16.3 Å². The zero-order chi connectivity index (χ0) is 23.5. The van der Waals surface area contributed by atoms with Crippen LogP contribution >= 0.6 is 11.6 Å². The van der Waals surface area contributed by atoms with Crippen LogP contribution in [0.25, 0.3) is 10.9 Å². The average molecular weight is 471 g/mol. The zero-order valence-electron chi connectivity index (χ0n) is 17.4. The molecule has 3 aromatic rings. The van der Waals surface area contributed by atoms with E-state index in [9.17, 15) is 28.2 Å². The van der Waals surface area contributed by atoms with Crippen LogP contribution in [0.4, 0.5) is 13.2 Å². The van der Waals surface area contributed by atoms with Crippen molar-refractivity contribution in [2.45, 2.75) is 50.3 Å². The molecule has 2 aromatic heterocycles. The molecule has 3 heterocycles. The van der Waals surface area contributed by atoms with Crippen LogP contribution < -0.4 is 10.3 Å². The minimum absolute atomic E-state index is 0.0255. The number of pyridine rings is 1. The first-order chi connectivity index (χ1) is 14.8. The van der Waals surface area contributed by atoms with Crippen molar-refractivity contribution in [1.82, 2.24) is 9.97 Å². The number of halogens is 4. The van der Waals surface area contributed by atoms with Crippen LogP contribution in [0.1, 0.15) is 37.1 Å². The third-order valence-electron chi connectivity index (χ3n) is 5.90. The maximum atomic E-state index is 14.2. The van der Waals surface area contributed by atoms with E-state index in [2.05, 4.69) is 9.97 Å². The number of alkyl halides is 3. The lowest BCUT2D eigenvalue weighted by Gasteiger charge is -2.38. The largest absolute Gasteiger partial charge is 0.494 e. The number of fused-ring (bicyclic) bond motifs is 2. The smallest absolute Gasteiger partial charge is 0.417 e. The van der Waals surface area contributed by atoms with E-state index < -0.39 is 41.5 Å². The summed E-state index contributed by atoms with van der Waals surface area (Å²) in [5.74, 6) is 0.0514. The first-order valence-corrected chi connectivity index (χ1v) is 10.4. The number of aromatic amines is 2. The summed E-state index contributed by atoms with van der Waals surface area (Å²) in [5, 5.41) is 21.4. The Morgan fingerprint density at radius 1 is 1.16 bits per heavy atom. The molecule has 0 saturated carbocycles. The van der Waals surface area contributed by atoms with Gasteiger partial charge in [-0.2, -0.15) is 13.2 Å². The fraction of sp³-hybridized carbons (Fsp3) is 0.409. The highest BCUT2D eigenvalue weighted by Crippen LogP contribution is 2.47. The third kappa shape index (κ3) is 3.95. The number of rotatable bonds is 5. The van der Waals surface area contributed by atoms with Crippen LogP contribution in [0.5, 0.6) is 11.6 Å². The normalized spacial score (nSPS) is 16.1. The lowest BCUT2D eigenvalue weighted by atomic mass is 9.73. The van der Waals surface area contributed by atoms with E-state index in [0.717, 1.165) is 11.6 Å². The molecule has 10 heteroatoms. The quantitative estimate of drug-likeness (QED) is 0.445. The standard InChI is InChI=1S/C22H22ClF3N2O4/c1-20(2,15-6-12(23)5-11-3-4-32-18(11)15)10-21(31,22(24,25)26)9-13-7-14-16(27-13)8-17(29)28-19(14)30/h5-8,27,31H,3-4,9-10H2,1-2H3,(H2,28,29,30). The molecule has 0 bridgehead atoms. The van der Waals surface area contributed by atoms with Gasteiger partial charge in [-0.25, -0.2) is 0 Å². The lowest BCUT2D eigenvalue weighted by Crippen LogP contribution is -2.51. The fourth-order valence-corrected chi connectivity index (χ4v) is 4.70. The first kappa shape index (κ1) is 22.5. The molecule has 172 valence electrons. The van der Waals surface area contributed by atoms with Gasteiger partial charge < -0.3 is 19.9 Å². The number of hydrogen-bond donors (Lipinski definition) is 4. The zero-order valence-corrected chi connectivity index (χ0v) is 18.1. The van der Waals surface area contributed by atoms with Crippen LogP contribution in [0.3, 0.4) is 0 Å². The second-order valence-electron chi connectivity index (χ2n) is 8.91. The summed E-state index contributed by atoms with van der Waals surface area (Å²) in [7, 11) is 0. The minimum Gasteiger partial charge on any atom is -0.494 e. The van der Waals surface area contributed by atoms with Crippen molar-refractivity contribution in [3.05, 3.63) is 56.5 Å². The van der Waals surface area contributed by atoms with Gasteiger partial charge in [-0.1, -0.05) is 25.4 Å². The number of nitrogens with one attached hydrogen (secondary N) is 2. The molecule has 4 N–H and O–H groups in total. The van der Waals surface area contributed by atoms with E-state index in [1.54, 1.807) is 26.0 Å². The average Bonchev–Trinajstić information content (AvgIpc) is 3.25. The summed E-state index contributed by atoms with van der Waals surface area (Å²) in [5.41, 5.74) is -3.33. The van der Waals surface area contributed by atoms with Gasteiger partial charge in [-0.3, -0.25) is 9.78 Å². The van der Waals surface area contributed by atoms with E-state index in [1.807, 2.05) is 0 Å². The molecule has 0 fully saturated rings. The van der Waals surface area contributed by atoms with Crippen LogP contribution in [0.2, 0.25) is 5.02 Å². The van der Waals surface area contributed by atoms with Gasteiger partial charge in [0.05, 0.1) is 17.5 Å². The van der Waals surface area contributed by atoms with Crippen LogP contribution in [0, 0.1) is 0 Å². The molecule has 0 spiro atoms. The maximum Gasteiger partial charge on any atom is 0.417 e. The Morgan fingerprint density at radius 3 is 2.56 bits per heavy atom. The van der Waals surface area contributed by atoms with Crippen molar-refractivity contribution in [2.75, 3.05) is 6.61 Å². The minimum atomic E-state index is -4.96. The molecular weight excluding hydrogens is 449 g/mol. The predicted octanol–water partition coefficient (Wildman–Crippen LogP) is 4.35. The Balaban J connectivity index is 1.73. The van der Waals surface area contributed by atoms with Crippen molar-refractivity contribution in [3.63, 3.8) is 0 Å². The number of aliphatic hydroxyl groups is 1. The second kappa shape index (κ2) is 7.45. The maximum absolute atomic E-state index is 14.2. The Labute approximate surface area is 186 Å². The summed E-state index contributed by atoms with van der Waals surface area (Å²) < 4.78 is 48.1. The number of hydrogen-bond acceptors (Lipinski definition) is 4. The number of benzene rings is 1. The molecule has 1 aliphatic heterocycles. The van der Waals surface area contributed by atoms with Crippen molar-refractivity contribution in [1.29, 1.82) is 0 Å². The number of H-pyrrole nitrogens is 2. The number of ether oxygens (including phenoxy) is 1. The molecule has 0 aliphatic carbocycles. The molecular formula is C22H22ClF3N2O4. The third-order valence-corrected chi connectivity index (χ3v) is 6.12. The fourth-order valence-electron chi connectivity index (χ4n) is 4.46. The summed E-state index contributed by atoms with van der Waals surface area (Å²) in [6, 6.07) is 5.72. The molecule has 0 amide bonds. The van der Waals surface area contributed by atoms with Gasteiger partial charge in [-0.15, -0.1) is 0 Å². The summed E-state index contributed by atoms with van der Waals surface area (Å²) >= 11 is 6.20. The van der Waals surface area contributed by atoms with Gasteiger partial charge in [0.2, 0.25) is 5.88 Å². The van der Waals surface area contributed by atoms with Crippen molar-refractivity contribution in [3.8, 4) is 11.6 Å². The Morgan fingerprint density at radius 2 is 1.88 bits per heavy atom. The Hall–Kier alpha value is -2.65. The van der Waals surface area contributed by atoms with Gasteiger partial charge in [0.25, 0.3) is 5.56 Å². The molecule has 1 atom stereocenters. The highest BCUT2D eigenvalue weighted by molar-refractivity contribution is 6.30. The molecule has 1 aliphatic rings. The van der Waals surface area contributed by atoms with E-state index >= 15 is 0 Å². The van der Waals surface area contributed by atoms with Crippen molar-refractivity contribution < 1.29 is 28.1 Å². The molecule has 32 heavy (non-hydrogen) atoms. The first-order valence-electron chi connectivity index (χ1n) is 9.98. The molecule has 0 saturated heterocycles. The van der Waals surface area contributed by atoms with Crippen LogP contribution in [0.15, 0.2) is 29.1 Å². The predicted molar refractivity (Wildman–Crippen MR) is 114 cm³/mol. The molecule has 1 unspecified atom stereocenters. The van der Waals surface area contributed by atoms with Crippen molar-refractivity contribution in [2.24, 2.45) is 0 Å². The SMILES string of the molecule is CC(C)(CC(O)(Cc1cc2c(O)[nH]c(=O)cc2[nH]1)C(F)(F)F)c1cc(Cl)cc2c1OCC2. The summed E-state index contributed by atoms with van der Waals surface area (Å²) in [6.07, 6.45) is -5.81.